The summed E-state index contributed by atoms with van der Waals surface area (Å²) in [5, 5.41) is 8.76. The number of hydrogen-bond donors (Lipinski definition) is 2. The molecular formula is C24H34N2O4. The minimum atomic E-state index is -0.758. The normalized spacial score (nSPS) is 25.2. The summed E-state index contributed by atoms with van der Waals surface area (Å²) in [4.78, 5) is 26.0. The molecule has 0 radical (unpaired) electrons. The van der Waals surface area contributed by atoms with Crippen molar-refractivity contribution < 1.29 is 19.4 Å². The Morgan fingerprint density at radius 3 is 2.60 bits per heavy atom. The lowest BCUT2D eigenvalue weighted by Gasteiger charge is -2.35. The molecule has 0 amide bonds. The van der Waals surface area contributed by atoms with Gasteiger partial charge in [-0.3, -0.25) is 14.5 Å². The number of carbonyl (C=O) groups is 2. The Bertz CT molecular complexity index is 725. The number of carbonyl (C=O) groups excluding carboxylic acids is 1. The number of hydrogen-bond acceptors (Lipinski definition) is 5. The van der Waals surface area contributed by atoms with E-state index in [-0.39, 0.29) is 24.5 Å². The molecule has 0 unspecified atom stereocenters. The number of rotatable bonds is 10. The predicted octanol–water partition coefficient (Wildman–Crippen LogP) is 3.80. The van der Waals surface area contributed by atoms with Crippen LogP contribution in [0.3, 0.4) is 0 Å². The second-order valence-corrected chi connectivity index (χ2v) is 8.46. The molecule has 3 atom stereocenters. The van der Waals surface area contributed by atoms with Gasteiger partial charge in [0, 0.05) is 24.4 Å². The van der Waals surface area contributed by atoms with Crippen molar-refractivity contribution in [2.75, 3.05) is 18.8 Å². The number of anilines is 1. The second-order valence-electron chi connectivity index (χ2n) is 8.46. The fraction of sp³-hybridized carbons (Fsp3) is 0.583. The van der Waals surface area contributed by atoms with E-state index in [2.05, 4.69) is 17.1 Å². The summed E-state index contributed by atoms with van der Waals surface area (Å²) in [5.74, 6) is -0.324. The summed E-state index contributed by atoms with van der Waals surface area (Å²) in [6.07, 6.45) is 10.4. The minimum absolute atomic E-state index is 0.0645. The number of nitrogen functional groups attached to an aromatic ring is 1. The number of Topliss-reactive ketones (excluding diaryl/α,β-unsaturated/α-hetero) is 1. The fourth-order valence-corrected chi connectivity index (χ4v) is 4.61. The van der Waals surface area contributed by atoms with Gasteiger partial charge in [0.1, 0.15) is 0 Å². The number of ether oxygens (including phenoxy) is 1. The van der Waals surface area contributed by atoms with Crippen molar-refractivity contribution in [2.24, 2.45) is 5.92 Å². The van der Waals surface area contributed by atoms with Crippen LogP contribution < -0.4 is 5.73 Å². The van der Waals surface area contributed by atoms with Gasteiger partial charge in [0.2, 0.25) is 0 Å². The lowest BCUT2D eigenvalue weighted by atomic mass is 9.94. The van der Waals surface area contributed by atoms with Crippen LogP contribution in [0.2, 0.25) is 0 Å². The largest absolute Gasteiger partial charge is 0.481 e. The predicted molar refractivity (Wildman–Crippen MR) is 117 cm³/mol. The molecule has 1 aliphatic carbocycles. The highest BCUT2D eigenvalue weighted by Crippen LogP contribution is 2.35. The summed E-state index contributed by atoms with van der Waals surface area (Å²) in [7, 11) is 0. The molecule has 3 N–H and O–H groups in total. The van der Waals surface area contributed by atoms with E-state index in [0.29, 0.717) is 25.2 Å². The maximum absolute atomic E-state index is 12.9. The van der Waals surface area contributed by atoms with Gasteiger partial charge in [0.05, 0.1) is 18.8 Å². The van der Waals surface area contributed by atoms with Crippen molar-refractivity contribution in [1.82, 2.24) is 4.90 Å². The van der Waals surface area contributed by atoms with Gasteiger partial charge in [0.25, 0.3) is 0 Å². The Kier molecular flexibility index (Phi) is 8.46. The Hall–Kier alpha value is -2.18. The van der Waals surface area contributed by atoms with Crippen LogP contribution >= 0.6 is 0 Å². The monoisotopic (exact) mass is 414 g/mol. The van der Waals surface area contributed by atoms with Crippen LogP contribution in [0.1, 0.15) is 56.9 Å². The van der Waals surface area contributed by atoms with Gasteiger partial charge in [-0.25, -0.2) is 0 Å². The summed E-state index contributed by atoms with van der Waals surface area (Å²) >= 11 is 0. The van der Waals surface area contributed by atoms with Gasteiger partial charge in [0.15, 0.2) is 5.78 Å². The number of nitrogens with two attached hydrogens (primary N) is 1. The molecule has 1 aromatic rings. The van der Waals surface area contributed by atoms with Crippen LogP contribution in [0, 0.1) is 5.92 Å². The number of ketones is 1. The maximum Gasteiger partial charge on any atom is 0.303 e. The Balaban J connectivity index is 1.62. The summed E-state index contributed by atoms with van der Waals surface area (Å²) in [6.45, 7) is 2.45. The van der Waals surface area contributed by atoms with E-state index in [4.69, 9.17) is 15.6 Å². The molecule has 1 aromatic carbocycles. The molecule has 1 saturated carbocycles. The highest BCUT2D eigenvalue weighted by molar-refractivity contribution is 5.87. The molecule has 0 spiro atoms. The molecule has 164 valence electrons. The minimum Gasteiger partial charge on any atom is -0.481 e. The molecule has 6 nitrogen and oxygen atoms in total. The standard InChI is InChI=1S/C24H34N2O4/c25-19-12-10-18(11-13-19)17-30-22-16-21(27)24(26-14-6-3-7-15-26)20(22)8-4-1-2-5-9-23(28)29/h1,4,10-13,20,22,24H,2-3,5-9,14-17,25H2,(H,28,29)/t20-,22-,24+/m1/s1. The molecule has 1 heterocycles. The van der Waals surface area contributed by atoms with Crippen molar-refractivity contribution in [3.8, 4) is 0 Å². The first-order valence-electron chi connectivity index (χ1n) is 11.1. The third kappa shape index (κ3) is 6.41. The van der Waals surface area contributed by atoms with Crippen LogP contribution in [0.4, 0.5) is 5.69 Å². The molecule has 2 fully saturated rings. The van der Waals surface area contributed by atoms with E-state index in [1.54, 1.807) is 0 Å². The first-order chi connectivity index (χ1) is 14.5. The van der Waals surface area contributed by atoms with E-state index in [1.807, 2.05) is 24.3 Å². The van der Waals surface area contributed by atoms with Gasteiger partial charge in [-0.2, -0.15) is 0 Å². The van der Waals surface area contributed by atoms with Crippen molar-refractivity contribution >= 4 is 17.4 Å². The van der Waals surface area contributed by atoms with Crippen molar-refractivity contribution in [3.63, 3.8) is 0 Å². The molecule has 1 aliphatic heterocycles. The molecule has 0 bridgehead atoms. The number of piperidine rings is 1. The Labute approximate surface area is 179 Å². The van der Waals surface area contributed by atoms with E-state index in [9.17, 15) is 9.59 Å². The third-order valence-electron chi connectivity index (χ3n) is 6.18. The number of benzene rings is 1. The maximum atomic E-state index is 12.9. The number of allylic oxidation sites excluding steroid dienone is 2. The quantitative estimate of drug-likeness (QED) is 0.344. The zero-order valence-electron chi connectivity index (χ0n) is 17.7. The molecule has 30 heavy (non-hydrogen) atoms. The third-order valence-corrected chi connectivity index (χ3v) is 6.18. The summed E-state index contributed by atoms with van der Waals surface area (Å²) < 4.78 is 6.24. The van der Waals surface area contributed by atoms with E-state index >= 15 is 0 Å². The van der Waals surface area contributed by atoms with Crippen LogP contribution in [-0.2, 0) is 20.9 Å². The number of aliphatic carboxylic acids is 1. The fourth-order valence-electron chi connectivity index (χ4n) is 4.61. The van der Waals surface area contributed by atoms with E-state index < -0.39 is 5.97 Å². The average Bonchev–Trinajstić information content (AvgIpc) is 3.05. The van der Waals surface area contributed by atoms with E-state index in [0.717, 1.165) is 50.0 Å². The zero-order valence-corrected chi connectivity index (χ0v) is 17.7. The lowest BCUT2D eigenvalue weighted by Crippen LogP contribution is -2.46. The first-order valence-corrected chi connectivity index (χ1v) is 11.1. The van der Waals surface area contributed by atoms with Crippen LogP contribution in [0.15, 0.2) is 36.4 Å². The van der Waals surface area contributed by atoms with Gasteiger partial charge in [-0.05, 0) is 62.9 Å². The molecule has 0 aromatic heterocycles. The second kappa shape index (κ2) is 11.3. The van der Waals surface area contributed by atoms with Crippen LogP contribution in [-0.4, -0.2) is 47.0 Å². The SMILES string of the molecule is Nc1ccc(CO[C@@H]2CC(=O)[C@@H](N3CCCCC3)[C@@H]2CC=CCCCC(=O)O)cc1. The first kappa shape index (κ1) is 22.5. The molecule has 3 rings (SSSR count). The summed E-state index contributed by atoms with van der Waals surface area (Å²) in [6, 6.07) is 7.60. The van der Waals surface area contributed by atoms with Gasteiger partial charge >= 0.3 is 5.97 Å². The van der Waals surface area contributed by atoms with Gasteiger partial charge in [-0.1, -0.05) is 30.7 Å². The molecule has 2 aliphatic rings. The van der Waals surface area contributed by atoms with Crippen molar-refractivity contribution in [2.45, 2.75) is 70.1 Å². The highest BCUT2D eigenvalue weighted by Gasteiger charge is 2.45. The number of carboxylic acid groups (broad SMARTS) is 1. The molecule has 6 heteroatoms. The Morgan fingerprint density at radius 2 is 1.90 bits per heavy atom. The van der Waals surface area contributed by atoms with E-state index in [1.165, 1.54) is 6.42 Å². The topological polar surface area (TPSA) is 92.9 Å². The molecule has 1 saturated heterocycles. The van der Waals surface area contributed by atoms with Crippen molar-refractivity contribution in [1.29, 1.82) is 0 Å². The van der Waals surface area contributed by atoms with Crippen LogP contribution in [0.5, 0.6) is 0 Å². The van der Waals surface area contributed by atoms with Crippen molar-refractivity contribution in [3.05, 3.63) is 42.0 Å². The lowest BCUT2D eigenvalue weighted by molar-refractivity contribution is -0.137. The number of carboxylic acids is 1. The number of nitrogens with zero attached hydrogens (tertiary/aromatic N) is 1. The van der Waals surface area contributed by atoms with Crippen LogP contribution in [0.25, 0.3) is 0 Å². The number of unbranched alkanes of at least 4 members (excludes halogenated alkanes) is 1. The van der Waals surface area contributed by atoms with Gasteiger partial charge in [-0.15, -0.1) is 0 Å². The molecular weight excluding hydrogens is 380 g/mol. The average molecular weight is 415 g/mol. The zero-order chi connectivity index (χ0) is 21.3. The highest BCUT2D eigenvalue weighted by atomic mass is 16.5. The Morgan fingerprint density at radius 1 is 1.17 bits per heavy atom. The smallest absolute Gasteiger partial charge is 0.303 e. The number of likely N-dealkylation sites (tertiary alicyclic amines) is 1. The van der Waals surface area contributed by atoms with Gasteiger partial charge < -0.3 is 15.6 Å². The summed E-state index contributed by atoms with van der Waals surface area (Å²) in [5.41, 5.74) is 7.55.